The van der Waals surface area contributed by atoms with Crippen molar-refractivity contribution in [2.45, 2.75) is 10.0 Å². The molecule has 0 aromatic heterocycles. The number of nitrogens with one attached hydrogen (secondary N) is 1. The zero-order valence-electron chi connectivity index (χ0n) is 13.8. The zero-order chi connectivity index (χ0) is 15.0. The smallest absolute Gasteiger partial charge is 1.00 e. The van der Waals surface area contributed by atoms with E-state index in [4.69, 9.17) is 9.47 Å². The number of amides is 1. The van der Waals surface area contributed by atoms with Gasteiger partial charge in [-0.05, 0) is 0 Å². The van der Waals surface area contributed by atoms with Gasteiger partial charge in [-0.15, -0.1) is 0 Å². The number of carbonyl (C=O) groups is 2. The average molecular weight is 508 g/mol. The van der Waals surface area contributed by atoms with Crippen molar-refractivity contribution in [1.82, 2.24) is 5.32 Å². The minimum Gasteiger partial charge on any atom is -1.00 e. The molecule has 0 spiro atoms. The van der Waals surface area contributed by atoms with Crippen molar-refractivity contribution in [3.63, 3.8) is 0 Å². The molecule has 0 aliphatic carbocycles. The molecule has 0 bridgehead atoms. The summed E-state index contributed by atoms with van der Waals surface area (Å²) in [5, 5.41) is 13.2. The van der Waals surface area contributed by atoms with Gasteiger partial charge in [-0.3, -0.25) is 0 Å². The van der Waals surface area contributed by atoms with Crippen LogP contribution >= 0.6 is 0 Å². The molecular formula is C13H18HgNNaO6. The van der Waals surface area contributed by atoms with E-state index in [1.165, 1.54) is 0 Å². The number of benzene rings is 1. The first-order valence-corrected chi connectivity index (χ1v) is 9.99. The van der Waals surface area contributed by atoms with Gasteiger partial charge in [0.25, 0.3) is 0 Å². The Balaban J connectivity index is -0.00000133. The molecule has 1 aromatic carbocycles. The van der Waals surface area contributed by atoms with Crippen molar-refractivity contribution < 1.29 is 86.8 Å². The predicted molar refractivity (Wildman–Crippen MR) is 69.6 cm³/mol. The molecule has 1 aromatic rings. The summed E-state index contributed by atoms with van der Waals surface area (Å²) in [7, 11) is 1.61. The predicted octanol–water partition coefficient (Wildman–Crippen LogP) is -4.18. The molecule has 0 fully saturated rings. The Morgan fingerprint density at radius 3 is 2.59 bits per heavy atom. The van der Waals surface area contributed by atoms with Crippen LogP contribution in [-0.4, -0.2) is 43.7 Å². The number of carboxylic acid groups (broad SMARTS) is 1. The quantitative estimate of drug-likeness (QED) is 0.358. The van der Waals surface area contributed by atoms with E-state index in [2.05, 4.69) is 5.32 Å². The topological polar surface area (TPSA) is 119 Å². The summed E-state index contributed by atoms with van der Waals surface area (Å²) in [5.74, 6) is -1.43. The number of hydrogen-bond donors (Lipinski definition) is 1. The zero-order valence-corrected chi connectivity index (χ0v) is 20.3. The van der Waals surface area contributed by atoms with Crippen LogP contribution in [0.1, 0.15) is 11.8 Å². The molecule has 0 saturated carbocycles. The molecule has 1 atom stereocenters. The van der Waals surface area contributed by atoms with Crippen molar-refractivity contribution in [3.05, 3.63) is 29.8 Å². The van der Waals surface area contributed by atoms with Gasteiger partial charge in [-0.1, -0.05) is 0 Å². The third-order valence-corrected chi connectivity index (χ3v) is 5.13. The number of rotatable bonds is 8. The van der Waals surface area contributed by atoms with E-state index in [1.807, 2.05) is 0 Å². The normalized spacial score (nSPS) is 10.7. The molecule has 0 aliphatic heterocycles. The van der Waals surface area contributed by atoms with Crippen molar-refractivity contribution in [2.24, 2.45) is 0 Å². The summed E-state index contributed by atoms with van der Waals surface area (Å²) >= 11 is 0.598. The SMILES string of the molecule is COC([CH2][Hg+])CNC(=O)c1ccccc1OCC(=O)[O-].O.[H-].[Na+]. The van der Waals surface area contributed by atoms with Crippen LogP contribution in [0.2, 0.25) is 3.93 Å². The van der Waals surface area contributed by atoms with Crippen LogP contribution in [0.25, 0.3) is 0 Å². The number of carboxylic acids is 1. The van der Waals surface area contributed by atoms with Crippen molar-refractivity contribution >= 4 is 11.9 Å². The first kappa shape index (κ1) is 24.1. The van der Waals surface area contributed by atoms with Gasteiger partial charge in [0.1, 0.15) is 0 Å². The Labute approximate surface area is 168 Å². The van der Waals surface area contributed by atoms with Crippen molar-refractivity contribution in [3.8, 4) is 5.75 Å². The molecule has 22 heavy (non-hydrogen) atoms. The van der Waals surface area contributed by atoms with Crippen LogP contribution in [0, 0.1) is 0 Å². The second-order valence-electron chi connectivity index (χ2n) is 4.01. The van der Waals surface area contributed by atoms with E-state index in [0.29, 0.717) is 38.2 Å². The second kappa shape index (κ2) is 13.3. The molecule has 1 amide bonds. The summed E-state index contributed by atoms with van der Waals surface area (Å²) in [6.45, 7) is -0.165. The Morgan fingerprint density at radius 1 is 1.41 bits per heavy atom. The standard InChI is InChI=1S/C13H16NO5.Hg.Na.H2O.H/c1-9(18-2)7-14-13(17)10-5-3-4-6-11(10)19-8-12(15)16;;;;/h3-6,9H,1,7-8H2,2H3,(H,14,17)(H,15,16);;;1H2;/q;2*+1;;-1/p-1. The molecule has 9 heteroatoms. The molecular weight excluding hydrogens is 490 g/mol. The molecule has 0 heterocycles. The van der Waals surface area contributed by atoms with Crippen LogP contribution in [0.5, 0.6) is 5.75 Å². The maximum Gasteiger partial charge on any atom is 1.00 e. The minimum absolute atomic E-state index is 0. The molecule has 114 valence electrons. The average Bonchev–Trinajstić information content (AvgIpc) is 2.46. The Morgan fingerprint density at radius 2 is 2.05 bits per heavy atom. The molecule has 1 unspecified atom stereocenters. The van der Waals surface area contributed by atoms with Gasteiger partial charge < -0.3 is 6.90 Å². The number of aliphatic carboxylic acids is 1. The number of para-hydroxylation sites is 1. The van der Waals surface area contributed by atoms with Crippen LogP contribution in [-0.2, 0) is 35.7 Å². The van der Waals surface area contributed by atoms with Crippen molar-refractivity contribution in [2.75, 3.05) is 20.3 Å². The monoisotopic (exact) mass is 509 g/mol. The van der Waals surface area contributed by atoms with Crippen LogP contribution in [0.15, 0.2) is 24.3 Å². The largest absolute Gasteiger partial charge is 1.00 e. The Hall–Kier alpha value is -0.185. The second-order valence-corrected chi connectivity index (χ2v) is 6.26. The maximum absolute atomic E-state index is 12.1. The molecule has 0 aliphatic rings. The van der Waals surface area contributed by atoms with Gasteiger partial charge in [0, 0.05) is 0 Å². The van der Waals surface area contributed by atoms with Gasteiger partial charge in [-0.25, -0.2) is 0 Å². The molecule has 1 rings (SSSR count). The maximum atomic E-state index is 12.1. The fourth-order valence-electron chi connectivity index (χ4n) is 1.52. The summed E-state index contributed by atoms with van der Waals surface area (Å²) in [6, 6.07) is 6.47. The number of methoxy groups -OCH3 is 1. The minimum atomic E-state index is -1.34. The first-order valence-electron chi connectivity index (χ1n) is 6.10. The summed E-state index contributed by atoms with van der Waals surface area (Å²) in [6.07, 6.45) is 0.0265. The molecule has 0 radical (unpaired) electrons. The molecule has 3 N–H and O–H groups in total. The van der Waals surface area contributed by atoms with Crippen LogP contribution in [0.4, 0.5) is 0 Å². The van der Waals surface area contributed by atoms with E-state index in [1.54, 1.807) is 31.4 Å². The molecule has 0 saturated heterocycles. The Bertz CT molecular complexity index is 476. The van der Waals surface area contributed by atoms with E-state index in [-0.39, 0.29) is 54.2 Å². The summed E-state index contributed by atoms with van der Waals surface area (Å²) in [5.41, 5.74) is 0.293. The van der Waals surface area contributed by atoms with Gasteiger partial charge in [-0.2, -0.15) is 0 Å². The van der Waals surface area contributed by atoms with Crippen molar-refractivity contribution in [1.29, 1.82) is 0 Å². The van der Waals surface area contributed by atoms with Gasteiger partial charge in [0.2, 0.25) is 0 Å². The third-order valence-electron chi connectivity index (χ3n) is 2.62. The van der Waals surface area contributed by atoms with Gasteiger partial charge in [0.05, 0.1) is 0 Å². The van der Waals surface area contributed by atoms with E-state index >= 15 is 0 Å². The fourth-order valence-corrected chi connectivity index (χ4v) is 3.23. The van der Waals surface area contributed by atoms with Gasteiger partial charge >= 0.3 is 163 Å². The van der Waals surface area contributed by atoms with E-state index in [9.17, 15) is 14.7 Å². The first-order chi connectivity index (χ1) is 9.58. The van der Waals surface area contributed by atoms with Crippen LogP contribution < -0.4 is 44.7 Å². The van der Waals surface area contributed by atoms with Crippen LogP contribution in [0.3, 0.4) is 0 Å². The molecule has 7 nitrogen and oxygen atoms in total. The number of ether oxygens (including phenoxy) is 2. The fraction of sp³-hybridized carbons (Fsp3) is 0.385. The van der Waals surface area contributed by atoms with Gasteiger partial charge in [0.15, 0.2) is 0 Å². The van der Waals surface area contributed by atoms with E-state index < -0.39 is 12.6 Å². The third kappa shape index (κ3) is 8.45. The van der Waals surface area contributed by atoms with E-state index in [0.717, 1.165) is 3.93 Å². The number of carbonyl (C=O) groups excluding carboxylic acids is 2. The Kier molecular flexibility index (Phi) is 14.5. The number of hydrogen-bond acceptors (Lipinski definition) is 5. The summed E-state index contributed by atoms with van der Waals surface area (Å²) < 4.78 is 11.2. The summed E-state index contributed by atoms with van der Waals surface area (Å²) in [4.78, 5) is 22.5.